The molecule has 0 heterocycles. The van der Waals surface area contributed by atoms with Crippen LogP contribution in [0.25, 0.3) is 0 Å². The van der Waals surface area contributed by atoms with Gasteiger partial charge < -0.3 is 4.74 Å². The SMILES string of the molecule is COC(=O)C(C)=C1CCC2=CCCC(C)C2(C)C1. The molecule has 1 fully saturated rings. The van der Waals surface area contributed by atoms with Crippen LogP contribution in [0.1, 0.15) is 52.9 Å². The third-order valence-corrected chi connectivity index (χ3v) is 5.11. The van der Waals surface area contributed by atoms with Gasteiger partial charge in [0.15, 0.2) is 0 Å². The fraction of sp³-hybridized carbons (Fsp3) is 0.688. The number of ether oxygens (including phenoxy) is 1. The minimum absolute atomic E-state index is 0.163. The molecule has 0 amide bonds. The quantitative estimate of drug-likeness (QED) is 0.398. The van der Waals surface area contributed by atoms with Gasteiger partial charge in [-0.25, -0.2) is 4.79 Å². The fourth-order valence-corrected chi connectivity index (χ4v) is 3.49. The molecule has 0 aromatic carbocycles. The molecule has 2 atom stereocenters. The molecular weight excluding hydrogens is 224 g/mol. The number of hydrogen-bond donors (Lipinski definition) is 0. The van der Waals surface area contributed by atoms with Gasteiger partial charge >= 0.3 is 5.97 Å². The third-order valence-electron chi connectivity index (χ3n) is 5.11. The van der Waals surface area contributed by atoms with Gasteiger partial charge in [0.05, 0.1) is 7.11 Å². The van der Waals surface area contributed by atoms with Crippen LogP contribution in [0.4, 0.5) is 0 Å². The van der Waals surface area contributed by atoms with Gasteiger partial charge in [-0.3, -0.25) is 0 Å². The van der Waals surface area contributed by atoms with E-state index in [9.17, 15) is 4.79 Å². The average molecular weight is 248 g/mol. The lowest BCUT2D eigenvalue weighted by atomic mass is 9.59. The minimum Gasteiger partial charge on any atom is -0.466 e. The largest absolute Gasteiger partial charge is 0.466 e. The summed E-state index contributed by atoms with van der Waals surface area (Å²) in [5, 5.41) is 0. The average Bonchev–Trinajstić information content (AvgIpc) is 2.37. The molecule has 0 aromatic heterocycles. The standard InChI is InChI=1S/C16H24O2/c1-11-6-5-7-14-9-8-13(10-16(11,14)3)12(2)15(17)18-4/h7,11H,5-6,8-10H2,1-4H3. The van der Waals surface area contributed by atoms with Crippen molar-refractivity contribution in [2.75, 3.05) is 7.11 Å². The van der Waals surface area contributed by atoms with E-state index in [1.165, 1.54) is 25.5 Å². The van der Waals surface area contributed by atoms with E-state index in [4.69, 9.17) is 4.74 Å². The summed E-state index contributed by atoms with van der Waals surface area (Å²) in [4.78, 5) is 11.7. The number of methoxy groups -OCH3 is 1. The van der Waals surface area contributed by atoms with Gasteiger partial charge in [-0.15, -0.1) is 0 Å². The number of allylic oxidation sites excluding steroid dienone is 3. The Bertz CT molecular complexity index is 417. The van der Waals surface area contributed by atoms with Crippen molar-refractivity contribution >= 4 is 5.97 Å². The number of hydrogen-bond acceptors (Lipinski definition) is 2. The molecule has 18 heavy (non-hydrogen) atoms. The van der Waals surface area contributed by atoms with Crippen LogP contribution >= 0.6 is 0 Å². The van der Waals surface area contributed by atoms with Crippen LogP contribution < -0.4 is 0 Å². The summed E-state index contributed by atoms with van der Waals surface area (Å²) in [5.41, 5.74) is 4.01. The highest BCUT2D eigenvalue weighted by atomic mass is 16.5. The van der Waals surface area contributed by atoms with E-state index in [1.54, 1.807) is 5.57 Å². The van der Waals surface area contributed by atoms with E-state index in [-0.39, 0.29) is 11.4 Å². The van der Waals surface area contributed by atoms with E-state index in [2.05, 4.69) is 19.9 Å². The van der Waals surface area contributed by atoms with Gasteiger partial charge in [0.1, 0.15) is 0 Å². The molecule has 2 heteroatoms. The second-order valence-electron chi connectivity index (χ2n) is 6.02. The molecular formula is C16H24O2. The fourth-order valence-electron chi connectivity index (χ4n) is 3.49. The summed E-state index contributed by atoms with van der Waals surface area (Å²) in [6, 6.07) is 0. The lowest BCUT2D eigenvalue weighted by Gasteiger charge is -2.45. The summed E-state index contributed by atoms with van der Waals surface area (Å²) in [5.74, 6) is 0.544. The first-order valence-corrected chi connectivity index (χ1v) is 6.95. The van der Waals surface area contributed by atoms with Gasteiger partial charge in [-0.1, -0.05) is 31.1 Å². The number of rotatable bonds is 1. The first kappa shape index (κ1) is 13.4. The molecule has 0 radical (unpaired) electrons. The molecule has 2 unspecified atom stereocenters. The zero-order valence-corrected chi connectivity index (χ0v) is 12.0. The van der Waals surface area contributed by atoms with E-state index in [0.717, 1.165) is 24.8 Å². The molecule has 0 bridgehead atoms. The maximum absolute atomic E-state index is 11.7. The van der Waals surface area contributed by atoms with E-state index in [0.29, 0.717) is 5.92 Å². The van der Waals surface area contributed by atoms with Crippen LogP contribution in [0.3, 0.4) is 0 Å². The van der Waals surface area contributed by atoms with Crippen molar-refractivity contribution in [1.29, 1.82) is 0 Å². The van der Waals surface area contributed by atoms with Gasteiger partial charge in [0, 0.05) is 5.57 Å². The summed E-state index contributed by atoms with van der Waals surface area (Å²) in [7, 11) is 1.46. The topological polar surface area (TPSA) is 26.3 Å². The lowest BCUT2D eigenvalue weighted by Crippen LogP contribution is -2.34. The van der Waals surface area contributed by atoms with Crippen LogP contribution in [0.5, 0.6) is 0 Å². The van der Waals surface area contributed by atoms with Gasteiger partial charge in [0.2, 0.25) is 0 Å². The zero-order valence-electron chi connectivity index (χ0n) is 12.0. The summed E-state index contributed by atoms with van der Waals surface area (Å²) in [6.45, 7) is 6.63. The summed E-state index contributed by atoms with van der Waals surface area (Å²) >= 11 is 0. The Hall–Kier alpha value is -1.05. The first-order valence-electron chi connectivity index (χ1n) is 6.95. The number of fused-ring (bicyclic) bond motifs is 1. The van der Waals surface area contributed by atoms with Crippen LogP contribution in [0, 0.1) is 11.3 Å². The molecule has 1 saturated carbocycles. The monoisotopic (exact) mass is 248 g/mol. The molecule has 0 saturated heterocycles. The second-order valence-corrected chi connectivity index (χ2v) is 6.02. The zero-order chi connectivity index (χ0) is 13.3. The van der Waals surface area contributed by atoms with Gasteiger partial charge in [-0.05, 0) is 50.4 Å². The third kappa shape index (κ3) is 2.13. The summed E-state index contributed by atoms with van der Waals surface area (Å²) < 4.78 is 4.85. The molecule has 0 aliphatic heterocycles. The van der Waals surface area contributed by atoms with Crippen LogP contribution in [-0.2, 0) is 9.53 Å². The molecule has 2 nitrogen and oxygen atoms in total. The first-order chi connectivity index (χ1) is 8.49. The van der Waals surface area contributed by atoms with E-state index < -0.39 is 0 Å². The highest BCUT2D eigenvalue weighted by Crippen LogP contribution is 2.52. The van der Waals surface area contributed by atoms with E-state index >= 15 is 0 Å². The Morgan fingerprint density at radius 3 is 2.83 bits per heavy atom. The minimum atomic E-state index is -0.163. The Balaban J connectivity index is 2.30. The van der Waals surface area contributed by atoms with Crippen molar-refractivity contribution in [3.8, 4) is 0 Å². The highest BCUT2D eigenvalue weighted by Gasteiger charge is 2.40. The molecule has 0 N–H and O–H groups in total. The molecule has 0 spiro atoms. The maximum atomic E-state index is 11.7. The Kier molecular flexibility index (Phi) is 3.65. The van der Waals surface area contributed by atoms with Crippen molar-refractivity contribution in [3.05, 3.63) is 22.8 Å². The van der Waals surface area contributed by atoms with Gasteiger partial charge in [-0.2, -0.15) is 0 Å². The van der Waals surface area contributed by atoms with E-state index in [1.807, 2.05) is 6.92 Å². The van der Waals surface area contributed by atoms with Crippen LogP contribution in [-0.4, -0.2) is 13.1 Å². The van der Waals surface area contributed by atoms with Crippen molar-refractivity contribution in [2.24, 2.45) is 11.3 Å². The molecule has 2 aliphatic rings. The molecule has 2 aliphatic carbocycles. The highest BCUT2D eigenvalue weighted by molar-refractivity contribution is 5.88. The van der Waals surface area contributed by atoms with Crippen molar-refractivity contribution in [1.82, 2.24) is 0 Å². The Morgan fingerprint density at radius 2 is 2.17 bits per heavy atom. The second kappa shape index (κ2) is 4.91. The van der Waals surface area contributed by atoms with Crippen molar-refractivity contribution < 1.29 is 9.53 Å². The number of esters is 1. The summed E-state index contributed by atoms with van der Waals surface area (Å²) in [6.07, 6.45) is 8.09. The number of carbonyl (C=O) groups excluding carboxylic acids is 1. The van der Waals surface area contributed by atoms with Crippen molar-refractivity contribution in [3.63, 3.8) is 0 Å². The maximum Gasteiger partial charge on any atom is 0.333 e. The molecule has 0 aromatic rings. The number of carbonyl (C=O) groups is 1. The Morgan fingerprint density at radius 1 is 1.44 bits per heavy atom. The predicted molar refractivity (Wildman–Crippen MR) is 73.2 cm³/mol. The van der Waals surface area contributed by atoms with Crippen LogP contribution in [0.2, 0.25) is 0 Å². The normalized spacial score (nSPS) is 34.4. The van der Waals surface area contributed by atoms with Gasteiger partial charge in [0.25, 0.3) is 0 Å². The molecule has 2 rings (SSSR count). The Labute approximate surface area is 110 Å². The lowest BCUT2D eigenvalue weighted by molar-refractivity contribution is -0.136. The van der Waals surface area contributed by atoms with Crippen LogP contribution in [0.15, 0.2) is 22.8 Å². The molecule has 100 valence electrons. The van der Waals surface area contributed by atoms with Crippen molar-refractivity contribution in [2.45, 2.75) is 52.9 Å². The smallest absolute Gasteiger partial charge is 0.333 e. The predicted octanol–water partition coefficient (Wildman–Crippen LogP) is 4.02.